The van der Waals surface area contributed by atoms with Gasteiger partial charge in [-0.3, -0.25) is 9.59 Å². The fraction of sp³-hybridized carbons (Fsp3) is 0.909. The number of carboxylic acids is 1. The maximum absolute atomic E-state index is 12.8. The third-order valence-corrected chi connectivity index (χ3v) is 6.35. The smallest absolute Gasteiger partial charge is 0.309 e. The molecule has 1 N–H and O–H groups in total. The number of unbranched alkanes of at least 4 members (excludes halogenated alkanes) is 2. The summed E-state index contributed by atoms with van der Waals surface area (Å²) in [5, 5.41) is 9.26. The number of carboxylic acid groups (broad SMARTS) is 1. The minimum Gasteiger partial charge on any atom is -0.481 e. The van der Waals surface area contributed by atoms with Crippen molar-refractivity contribution in [2.45, 2.75) is 109 Å². The highest BCUT2D eigenvalue weighted by atomic mass is 16.6. The standard InChI is InChI=1S/C22H38O4/c1-17(2)10-5-3-6-13-22(14-7-4-8-15-22)26-21(25)19-12-9-11-18(16-19)20(23)24/h17-19H,3-16H2,1-2H3,(H,23,24). The molecule has 0 aromatic rings. The average Bonchev–Trinajstić information content (AvgIpc) is 2.62. The van der Waals surface area contributed by atoms with Crippen LogP contribution in [0.5, 0.6) is 0 Å². The number of aliphatic carboxylic acids is 1. The van der Waals surface area contributed by atoms with E-state index in [1.165, 1.54) is 25.7 Å². The van der Waals surface area contributed by atoms with Gasteiger partial charge in [-0.1, -0.05) is 46.0 Å². The van der Waals surface area contributed by atoms with Crippen LogP contribution in [0.3, 0.4) is 0 Å². The molecule has 2 saturated carbocycles. The quantitative estimate of drug-likeness (QED) is 0.418. The summed E-state index contributed by atoms with van der Waals surface area (Å²) in [6.07, 6.45) is 14.1. The molecule has 0 bridgehead atoms. The van der Waals surface area contributed by atoms with Crippen LogP contribution in [0.2, 0.25) is 0 Å². The van der Waals surface area contributed by atoms with Gasteiger partial charge < -0.3 is 9.84 Å². The molecule has 0 aromatic heterocycles. The molecule has 4 nitrogen and oxygen atoms in total. The predicted octanol–water partition coefficient (Wildman–Crippen LogP) is 5.73. The van der Waals surface area contributed by atoms with Gasteiger partial charge in [0, 0.05) is 0 Å². The van der Waals surface area contributed by atoms with Crippen molar-refractivity contribution in [3.05, 3.63) is 0 Å². The van der Waals surface area contributed by atoms with E-state index in [1.54, 1.807) is 0 Å². The molecule has 0 radical (unpaired) electrons. The molecule has 2 rings (SSSR count). The first kappa shape index (κ1) is 21.2. The molecule has 0 aromatic carbocycles. The van der Waals surface area contributed by atoms with Crippen molar-refractivity contribution in [3.8, 4) is 0 Å². The highest BCUT2D eigenvalue weighted by molar-refractivity contribution is 5.76. The first-order valence-electron chi connectivity index (χ1n) is 10.9. The van der Waals surface area contributed by atoms with Gasteiger partial charge in [0.2, 0.25) is 0 Å². The Bertz CT molecular complexity index is 451. The molecular formula is C22H38O4. The van der Waals surface area contributed by atoms with Crippen LogP contribution >= 0.6 is 0 Å². The summed E-state index contributed by atoms with van der Waals surface area (Å²) in [4.78, 5) is 24.1. The Labute approximate surface area is 159 Å². The maximum atomic E-state index is 12.8. The van der Waals surface area contributed by atoms with Crippen molar-refractivity contribution in [1.82, 2.24) is 0 Å². The number of hydrogen-bond acceptors (Lipinski definition) is 3. The van der Waals surface area contributed by atoms with E-state index >= 15 is 0 Å². The molecule has 0 heterocycles. The van der Waals surface area contributed by atoms with Gasteiger partial charge in [0.1, 0.15) is 5.60 Å². The number of hydrogen-bond donors (Lipinski definition) is 1. The van der Waals surface area contributed by atoms with Gasteiger partial charge in [0.25, 0.3) is 0 Å². The molecule has 2 atom stereocenters. The van der Waals surface area contributed by atoms with E-state index in [0.29, 0.717) is 12.8 Å². The fourth-order valence-corrected chi connectivity index (χ4v) is 4.70. The lowest BCUT2D eigenvalue weighted by atomic mass is 9.79. The Morgan fingerprint density at radius 2 is 1.69 bits per heavy atom. The van der Waals surface area contributed by atoms with Gasteiger partial charge in [-0.15, -0.1) is 0 Å². The third-order valence-electron chi connectivity index (χ3n) is 6.35. The lowest BCUT2D eigenvalue weighted by Gasteiger charge is -2.39. The van der Waals surface area contributed by atoms with Crippen molar-refractivity contribution in [2.24, 2.45) is 17.8 Å². The first-order valence-corrected chi connectivity index (χ1v) is 10.9. The zero-order chi connectivity index (χ0) is 19.0. The number of carbonyl (C=O) groups excluding carboxylic acids is 1. The molecule has 0 aliphatic heterocycles. The second kappa shape index (κ2) is 10.3. The summed E-state index contributed by atoms with van der Waals surface area (Å²) in [6, 6.07) is 0. The summed E-state index contributed by atoms with van der Waals surface area (Å²) in [5.74, 6) is -0.728. The van der Waals surface area contributed by atoms with E-state index < -0.39 is 5.97 Å². The molecule has 0 amide bonds. The molecule has 2 aliphatic carbocycles. The van der Waals surface area contributed by atoms with Crippen LogP contribution in [0, 0.1) is 17.8 Å². The van der Waals surface area contributed by atoms with Gasteiger partial charge in [-0.25, -0.2) is 0 Å². The Hall–Kier alpha value is -1.06. The lowest BCUT2D eigenvalue weighted by molar-refractivity contribution is -0.172. The Morgan fingerprint density at radius 3 is 2.35 bits per heavy atom. The summed E-state index contributed by atoms with van der Waals surface area (Å²) < 4.78 is 6.14. The van der Waals surface area contributed by atoms with E-state index in [0.717, 1.165) is 57.3 Å². The Morgan fingerprint density at radius 1 is 1.00 bits per heavy atom. The van der Waals surface area contributed by atoms with Crippen LogP contribution in [0.25, 0.3) is 0 Å². The maximum Gasteiger partial charge on any atom is 0.309 e. The monoisotopic (exact) mass is 366 g/mol. The normalized spacial score (nSPS) is 25.8. The summed E-state index contributed by atoms with van der Waals surface area (Å²) in [7, 11) is 0. The van der Waals surface area contributed by atoms with Crippen LogP contribution < -0.4 is 0 Å². The highest BCUT2D eigenvalue weighted by Gasteiger charge is 2.39. The summed E-state index contributed by atoms with van der Waals surface area (Å²) in [6.45, 7) is 4.53. The topological polar surface area (TPSA) is 63.6 Å². The van der Waals surface area contributed by atoms with E-state index in [1.807, 2.05) is 0 Å². The van der Waals surface area contributed by atoms with Crippen molar-refractivity contribution < 1.29 is 19.4 Å². The average molecular weight is 367 g/mol. The van der Waals surface area contributed by atoms with E-state index in [9.17, 15) is 14.7 Å². The van der Waals surface area contributed by atoms with E-state index in [4.69, 9.17) is 4.74 Å². The number of carbonyl (C=O) groups is 2. The van der Waals surface area contributed by atoms with E-state index in [-0.39, 0.29) is 23.4 Å². The molecule has 4 heteroatoms. The molecular weight excluding hydrogens is 328 g/mol. The summed E-state index contributed by atoms with van der Waals surface area (Å²) >= 11 is 0. The van der Waals surface area contributed by atoms with Crippen molar-refractivity contribution in [2.75, 3.05) is 0 Å². The largest absolute Gasteiger partial charge is 0.481 e. The molecule has 2 unspecified atom stereocenters. The van der Waals surface area contributed by atoms with Gasteiger partial charge in [-0.05, 0) is 63.7 Å². The van der Waals surface area contributed by atoms with Crippen LogP contribution in [0.1, 0.15) is 104 Å². The van der Waals surface area contributed by atoms with Crippen LogP contribution in [-0.2, 0) is 14.3 Å². The number of rotatable bonds is 9. The zero-order valence-corrected chi connectivity index (χ0v) is 16.8. The van der Waals surface area contributed by atoms with Crippen molar-refractivity contribution in [1.29, 1.82) is 0 Å². The van der Waals surface area contributed by atoms with Gasteiger partial charge in [0.05, 0.1) is 11.8 Å². The third kappa shape index (κ3) is 6.59. The van der Waals surface area contributed by atoms with Crippen molar-refractivity contribution >= 4 is 11.9 Å². The Kier molecular flexibility index (Phi) is 8.43. The van der Waals surface area contributed by atoms with Crippen molar-refractivity contribution in [3.63, 3.8) is 0 Å². The second-order valence-corrected chi connectivity index (χ2v) is 9.06. The first-order chi connectivity index (χ1) is 12.4. The predicted molar refractivity (Wildman–Crippen MR) is 103 cm³/mol. The molecule has 2 fully saturated rings. The lowest BCUT2D eigenvalue weighted by Crippen LogP contribution is -2.40. The van der Waals surface area contributed by atoms with Crippen LogP contribution in [0.15, 0.2) is 0 Å². The van der Waals surface area contributed by atoms with Gasteiger partial charge >= 0.3 is 11.9 Å². The van der Waals surface area contributed by atoms with Gasteiger partial charge in [-0.2, -0.15) is 0 Å². The van der Waals surface area contributed by atoms with E-state index in [2.05, 4.69) is 13.8 Å². The van der Waals surface area contributed by atoms with Gasteiger partial charge in [0.15, 0.2) is 0 Å². The SMILES string of the molecule is CC(C)CCCCCC1(OC(=O)C2CCCC(C(=O)O)C2)CCCCC1. The highest BCUT2D eigenvalue weighted by Crippen LogP contribution is 2.39. The summed E-state index contributed by atoms with van der Waals surface area (Å²) in [5.41, 5.74) is -0.274. The molecule has 26 heavy (non-hydrogen) atoms. The molecule has 2 aliphatic rings. The Balaban J connectivity index is 1.87. The second-order valence-electron chi connectivity index (χ2n) is 9.06. The van der Waals surface area contributed by atoms with Crippen LogP contribution in [0.4, 0.5) is 0 Å². The molecule has 0 saturated heterocycles. The molecule has 0 spiro atoms. The minimum atomic E-state index is -0.764. The molecule has 150 valence electrons. The van der Waals surface area contributed by atoms with Crippen LogP contribution in [-0.4, -0.2) is 22.6 Å². The minimum absolute atomic E-state index is 0.125. The number of esters is 1. The fourth-order valence-electron chi connectivity index (χ4n) is 4.70. The number of ether oxygens (including phenoxy) is 1. The zero-order valence-electron chi connectivity index (χ0n) is 16.8.